The molecule has 194 valence electrons. The van der Waals surface area contributed by atoms with E-state index >= 15 is 0 Å². The molecule has 2 amide bonds. The fourth-order valence-corrected chi connectivity index (χ4v) is 6.17. The molecule has 2 atom stereocenters. The van der Waals surface area contributed by atoms with Gasteiger partial charge in [-0.25, -0.2) is 4.79 Å². The number of fused-ring (bicyclic) bond motifs is 3. The molecule has 1 aromatic heterocycles. The molecule has 2 fully saturated rings. The normalized spacial score (nSPS) is 22.1. The molecule has 9 nitrogen and oxygen atoms in total. The molecule has 2 N–H and O–H groups in total. The van der Waals surface area contributed by atoms with Crippen molar-refractivity contribution in [1.82, 2.24) is 14.7 Å². The van der Waals surface area contributed by atoms with E-state index in [0.717, 1.165) is 52.6 Å². The second-order valence-corrected chi connectivity index (χ2v) is 9.83. The summed E-state index contributed by atoms with van der Waals surface area (Å²) in [6, 6.07) is 5.78. The smallest absolute Gasteiger partial charge is 0.325 e. The van der Waals surface area contributed by atoms with Crippen LogP contribution in [0.2, 0.25) is 0 Å². The van der Waals surface area contributed by atoms with Crippen LogP contribution in [0.5, 0.6) is 11.5 Å². The van der Waals surface area contributed by atoms with Gasteiger partial charge in [-0.2, -0.15) is 0 Å². The molecule has 1 aromatic carbocycles. The number of ether oxygens (including phenoxy) is 2. The van der Waals surface area contributed by atoms with Crippen LogP contribution in [0, 0.1) is 6.92 Å². The average molecular weight is 497 g/mol. The van der Waals surface area contributed by atoms with Gasteiger partial charge >= 0.3 is 6.03 Å². The third-order valence-electron chi connectivity index (χ3n) is 8.03. The highest BCUT2D eigenvalue weighted by Gasteiger charge is 2.55. The summed E-state index contributed by atoms with van der Waals surface area (Å²) < 4.78 is 16.6. The van der Waals surface area contributed by atoms with Crippen LogP contribution in [0.4, 0.5) is 10.5 Å². The van der Waals surface area contributed by atoms with Crippen molar-refractivity contribution in [2.75, 3.05) is 39.2 Å². The van der Waals surface area contributed by atoms with Crippen LogP contribution in [0.3, 0.4) is 0 Å². The lowest BCUT2D eigenvalue weighted by Gasteiger charge is -2.45. The molecule has 2 saturated heterocycles. The molecule has 2 aromatic rings. The van der Waals surface area contributed by atoms with E-state index in [9.17, 15) is 9.90 Å². The molecular weight excluding hydrogens is 460 g/mol. The van der Waals surface area contributed by atoms with E-state index in [-0.39, 0.29) is 11.9 Å². The van der Waals surface area contributed by atoms with Crippen LogP contribution in [0.1, 0.15) is 49.5 Å². The van der Waals surface area contributed by atoms with Gasteiger partial charge in [0.05, 0.1) is 38.3 Å². The summed E-state index contributed by atoms with van der Waals surface area (Å²) >= 11 is 0. The maximum absolute atomic E-state index is 13.7. The fourth-order valence-electron chi connectivity index (χ4n) is 6.17. The predicted molar refractivity (Wildman–Crippen MR) is 136 cm³/mol. The zero-order chi connectivity index (χ0) is 25.6. The number of nitrogens with zero attached hydrogens (tertiary/aromatic N) is 3. The van der Waals surface area contributed by atoms with Crippen LogP contribution in [0.15, 0.2) is 40.7 Å². The Kier molecular flexibility index (Phi) is 6.38. The summed E-state index contributed by atoms with van der Waals surface area (Å²) in [5, 5.41) is 14.0. The SMILES string of the molecule is CCN1C(=O)N2Cc3cc(OC)cc(OC)c3C(C)C=C2C12CCN(C(O)Nc1ccoc1C)CC2. The molecule has 0 radical (unpaired) electrons. The lowest BCUT2D eigenvalue weighted by atomic mass is 9.82. The monoisotopic (exact) mass is 496 g/mol. The van der Waals surface area contributed by atoms with Crippen LogP contribution >= 0.6 is 0 Å². The molecule has 9 heteroatoms. The Morgan fingerprint density at radius 1 is 1.25 bits per heavy atom. The summed E-state index contributed by atoms with van der Waals surface area (Å²) in [5.74, 6) is 2.30. The number of nitrogens with one attached hydrogen (secondary N) is 1. The highest BCUT2D eigenvalue weighted by Crippen LogP contribution is 2.49. The number of benzene rings is 1. The number of methoxy groups -OCH3 is 2. The molecule has 36 heavy (non-hydrogen) atoms. The maximum atomic E-state index is 13.7. The van der Waals surface area contributed by atoms with Gasteiger partial charge in [-0.1, -0.05) is 13.0 Å². The number of aryl methyl sites for hydroxylation is 1. The molecule has 3 aliphatic rings. The summed E-state index contributed by atoms with van der Waals surface area (Å²) in [7, 11) is 3.32. The molecule has 0 bridgehead atoms. The number of carbonyl (C=O) groups excluding carboxylic acids is 1. The van der Waals surface area contributed by atoms with Gasteiger partial charge in [0.25, 0.3) is 0 Å². The number of aliphatic hydroxyl groups is 1. The van der Waals surface area contributed by atoms with Crippen molar-refractivity contribution in [2.45, 2.75) is 58.0 Å². The number of piperidine rings is 1. The third-order valence-corrected chi connectivity index (χ3v) is 8.03. The second kappa shape index (κ2) is 9.37. The van der Waals surface area contributed by atoms with Gasteiger partial charge in [0.1, 0.15) is 17.3 Å². The Morgan fingerprint density at radius 3 is 2.61 bits per heavy atom. The van der Waals surface area contributed by atoms with Crippen LogP contribution in [-0.4, -0.2) is 71.6 Å². The first kappa shape index (κ1) is 24.5. The lowest BCUT2D eigenvalue weighted by Crippen LogP contribution is -2.56. The number of carbonyl (C=O) groups is 1. The third kappa shape index (κ3) is 3.81. The van der Waals surface area contributed by atoms with E-state index in [2.05, 4.69) is 18.3 Å². The van der Waals surface area contributed by atoms with Crippen LogP contribution in [-0.2, 0) is 6.54 Å². The Balaban J connectivity index is 1.44. The molecule has 3 aliphatic heterocycles. The first-order chi connectivity index (χ1) is 17.3. The number of likely N-dealkylation sites (N-methyl/N-ethyl adjacent to an activating group) is 1. The number of rotatable bonds is 6. The number of aliphatic hydroxyl groups excluding tert-OH is 1. The van der Waals surface area contributed by atoms with Gasteiger partial charge in [0.15, 0.2) is 6.35 Å². The molecule has 0 saturated carbocycles. The number of urea groups is 1. The predicted octanol–water partition coefficient (Wildman–Crippen LogP) is 4.09. The van der Waals surface area contributed by atoms with Crippen molar-refractivity contribution in [3.63, 3.8) is 0 Å². The first-order valence-corrected chi connectivity index (χ1v) is 12.6. The van der Waals surface area contributed by atoms with E-state index in [1.165, 1.54) is 0 Å². The van der Waals surface area contributed by atoms with Crippen molar-refractivity contribution in [2.24, 2.45) is 0 Å². The number of anilines is 1. The Labute approximate surface area is 212 Å². The van der Waals surface area contributed by atoms with Gasteiger partial charge in [-0.05, 0) is 44.4 Å². The number of likely N-dealkylation sites (tertiary alicyclic amines) is 1. The van der Waals surface area contributed by atoms with E-state index in [4.69, 9.17) is 13.9 Å². The molecule has 5 rings (SSSR count). The zero-order valence-electron chi connectivity index (χ0n) is 21.7. The minimum Gasteiger partial charge on any atom is -0.497 e. The number of hydrogen-bond acceptors (Lipinski definition) is 7. The van der Waals surface area contributed by atoms with E-state index in [1.54, 1.807) is 20.5 Å². The van der Waals surface area contributed by atoms with Crippen molar-refractivity contribution >= 4 is 11.7 Å². The summed E-state index contributed by atoms with van der Waals surface area (Å²) in [6.07, 6.45) is 4.50. The quantitative estimate of drug-likeness (QED) is 0.582. The minimum absolute atomic E-state index is 0.0340. The summed E-state index contributed by atoms with van der Waals surface area (Å²) in [4.78, 5) is 19.7. The molecule has 0 aliphatic carbocycles. The number of furan rings is 1. The highest BCUT2D eigenvalue weighted by atomic mass is 16.5. The zero-order valence-corrected chi connectivity index (χ0v) is 21.7. The Hall–Kier alpha value is -3.17. The van der Waals surface area contributed by atoms with E-state index in [1.807, 2.05) is 46.7 Å². The molecule has 1 spiro atoms. The Bertz CT molecular complexity index is 1170. The fraction of sp³-hybridized carbons (Fsp3) is 0.519. The topological polar surface area (TPSA) is 90.7 Å². The van der Waals surface area contributed by atoms with Gasteiger partial charge in [0, 0.05) is 42.9 Å². The lowest BCUT2D eigenvalue weighted by molar-refractivity contribution is -0.0139. The summed E-state index contributed by atoms with van der Waals surface area (Å²) in [5.41, 5.74) is 3.58. The van der Waals surface area contributed by atoms with Crippen molar-refractivity contribution in [1.29, 1.82) is 0 Å². The average Bonchev–Trinajstić information content (AvgIpc) is 3.31. The number of allylic oxidation sites excluding steroid dienone is 1. The standard InChI is InChI=1S/C27H36N4O5/c1-6-31-26(33)30-16-19-14-20(34-4)15-22(35-5)24(19)17(2)13-23(30)27(31)8-10-29(11-9-27)25(32)28-21-7-12-36-18(21)3/h7,12-15,17,25,28,32H,6,8-11,16H2,1-5H3. The highest BCUT2D eigenvalue weighted by molar-refractivity contribution is 5.83. The minimum atomic E-state index is -0.829. The largest absolute Gasteiger partial charge is 0.497 e. The van der Waals surface area contributed by atoms with Crippen molar-refractivity contribution in [3.8, 4) is 11.5 Å². The first-order valence-electron chi connectivity index (χ1n) is 12.6. The maximum Gasteiger partial charge on any atom is 0.325 e. The van der Waals surface area contributed by atoms with Crippen LogP contribution < -0.4 is 14.8 Å². The van der Waals surface area contributed by atoms with E-state index in [0.29, 0.717) is 26.2 Å². The summed E-state index contributed by atoms with van der Waals surface area (Å²) in [6.45, 7) is 8.47. The van der Waals surface area contributed by atoms with Gasteiger partial charge < -0.3 is 29.2 Å². The van der Waals surface area contributed by atoms with E-state index < -0.39 is 11.9 Å². The Morgan fingerprint density at radius 2 is 2.00 bits per heavy atom. The molecule has 4 heterocycles. The second-order valence-electron chi connectivity index (χ2n) is 9.83. The van der Waals surface area contributed by atoms with Gasteiger partial charge in [-0.15, -0.1) is 0 Å². The van der Waals surface area contributed by atoms with Crippen LogP contribution in [0.25, 0.3) is 0 Å². The van der Waals surface area contributed by atoms with Gasteiger partial charge in [-0.3, -0.25) is 9.80 Å². The molecule has 2 unspecified atom stereocenters. The van der Waals surface area contributed by atoms with Gasteiger partial charge in [0.2, 0.25) is 0 Å². The molecular formula is C27H36N4O5. The number of amides is 2. The number of hydrogen-bond donors (Lipinski definition) is 2. The van der Waals surface area contributed by atoms with Crippen molar-refractivity contribution < 1.29 is 23.8 Å². The van der Waals surface area contributed by atoms with Crippen molar-refractivity contribution in [3.05, 3.63) is 53.1 Å².